The minimum absolute atomic E-state index is 0.0673. The summed E-state index contributed by atoms with van der Waals surface area (Å²) in [7, 11) is 1.45. The molecule has 0 aliphatic rings. The van der Waals surface area contributed by atoms with Crippen molar-refractivity contribution < 1.29 is 9.59 Å². The summed E-state index contributed by atoms with van der Waals surface area (Å²) in [5, 5.41) is 5.89. The molecular formula is C24H24ClN3O3. The van der Waals surface area contributed by atoms with Gasteiger partial charge in [0.25, 0.3) is 11.8 Å². The Morgan fingerprint density at radius 1 is 0.968 bits per heavy atom. The fourth-order valence-electron chi connectivity index (χ4n) is 3.23. The second-order valence-corrected chi connectivity index (χ2v) is 7.65. The van der Waals surface area contributed by atoms with Crippen molar-refractivity contribution in [3.63, 3.8) is 0 Å². The molecule has 3 aromatic rings. The van der Waals surface area contributed by atoms with Crippen LogP contribution in [0.4, 0.5) is 0 Å². The molecule has 1 aromatic heterocycles. The van der Waals surface area contributed by atoms with E-state index < -0.39 is 17.2 Å². The first-order chi connectivity index (χ1) is 14.9. The predicted octanol–water partition coefficient (Wildman–Crippen LogP) is 3.60. The summed E-state index contributed by atoms with van der Waals surface area (Å²) < 4.78 is 1.71. The van der Waals surface area contributed by atoms with Gasteiger partial charge in [-0.05, 0) is 36.6 Å². The maximum Gasteiger partial charge on any atom is 0.257 e. The first-order valence-corrected chi connectivity index (χ1v) is 10.3. The van der Waals surface area contributed by atoms with Gasteiger partial charge in [0.1, 0.15) is 11.1 Å². The van der Waals surface area contributed by atoms with Crippen molar-refractivity contribution in [3.8, 4) is 0 Å². The van der Waals surface area contributed by atoms with Crippen molar-refractivity contribution in [1.29, 1.82) is 0 Å². The standard InChI is InChI=1S/C24H24ClN3O3/c1-16(18-8-10-19(25)11-9-18)27-24(31)21-15-28(13-12-17-6-4-3-5-7-17)14-20(22(21)29)23(30)26-2/h3-11,14-16H,12-13H2,1-2H3,(H,26,30)(H,27,31)/t16-/m0/s1. The summed E-state index contributed by atoms with van der Waals surface area (Å²) in [6.07, 6.45) is 3.68. The first-order valence-electron chi connectivity index (χ1n) is 9.95. The van der Waals surface area contributed by atoms with Gasteiger partial charge in [0.15, 0.2) is 0 Å². The summed E-state index contributed by atoms with van der Waals surface area (Å²) in [5.41, 5.74) is 1.23. The van der Waals surface area contributed by atoms with Crippen LogP contribution in [-0.4, -0.2) is 23.4 Å². The van der Waals surface area contributed by atoms with Gasteiger partial charge in [0, 0.05) is 31.0 Å². The molecule has 0 saturated heterocycles. The number of hydrogen-bond donors (Lipinski definition) is 2. The molecule has 1 atom stereocenters. The number of carbonyl (C=O) groups is 2. The number of aryl methyl sites for hydroxylation is 2. The Morgan fingerprint density at radius 3 is 2.19 bits per heavy atom. The monoisotopic (exact) mass is 437 g/mol. The lowest BCUT2D eigenvalue weighted by Crippen LogP contribution is -2.35. The molecule has 0 spiro atoms. The normalized spacial score (nSPS) is 11.6. The summed E-state index contributed by atoms with van der Waals surface area (Å²) >= 11 is 5.92. The van der Waals surface area contributed by atoms with E-state index in [2.05, 4.69) is 10.6 Å². The van der Waals surface area contributed by atoms with Crippen LogP contribution in [0.1, 0.15) is 44.8 Å². The van der Waals surface area contributed by atoms with E-state index in [1.54, 1.807) is 16.7 Å². The van der Waals surface area contributed by atoms with Gasteiger partial charge in [-0.1, -0.05) is 54.1 Å². The number of benzene rings is 2. The van der Waals surface area contributed by atoms with E-state index in [-0.39, 0.29) is 17.2 Å². The average molecular weight is 438 g/mol. The Kier molecular flexibility index (Phi) is 7.26. The lowest BCUT2D eigenvalue weighted by molar-refractivity contribution is 0.0938. The van der Waals surface area contributed by atoms with Crippen molar-refractivity contribution in [2.24, 2.45) is 0 Å². The van der Waals surface area contributed by atoms with Crippen molar-refractivity contribution in [3.05, 3.63) is 104 Å². The van der Waals surface area contributed by atoms with Crippen LogP contribution in [0.25, 0.3) is 0 Å². The number of nitrogens with zero attached hydrogens (tertiary/aromatic N) is 1. The van der Waals surface area contributed by atoms with Crippen LogP contribution >= 0.6 is 11.6 Å². The molecule has 0 fully saturated rings. The van der Waals surface area contributed by atoms with Crippen molar-refractivity contribution in [2.45, 2.75) is 25.9 Å². The molecule has 31 heavy (non-hydrogen) atoms. The lowest BCUT2D eigenvalue weighted by Gasteiger charge is -2.16. The second kappa shape index (κ2) is 10.1. The molecule has 7 heteroatoms. The zero-order chi connectivity index (χ0) is 22.4. The van der Waals surface area contributed by atoms with E-state index in [1.165, 1.54) is 19.4 Å². The number of carbonyl (C=O) groups excluding carboxylic acids is 2. The molecule has 6 nitrogen and oxygen atoms in total. The quantitative estimate of drug-likeness (QED) is 0.592. The van der Waals surface area contributed by atoms with Crippen LogP contribution < -0.4 is 16.1 Å². The average Bonchev–Trinajstić information content (AvgIpc) is 2.78. The zero-order valence-electron chi connectivity index (χ0n) is 17.4. The molecular weight excluding hydrogens is 414 g/mol. The molecule has 1 heterocycles. The summed E-state index contributed by atoms with van der Waals surface area (Å²) in [6.45, 7) is 2.33. The maximum absolute atomic E-state index is 12.9. The first kappa shape index (κ1) is 22.3. The predicted molar refractivity (Wildman–Crippen MR) is 122 cm³/mol. The highest BCUT2D eigenvalue weighted by atomic mass is 35.5. The molecule has 2 N–H and O–H groups in total. The van der Waals surface area contributed by atoms with Gasteiger partial charge in [-0.25, -0.2) is 0 Å². The number of hydrogen-bond acceptors (Lipinski definition) is 3. The fraction of sp³-hybridized carbons (Fsp3) is 0.208. The van der Waals surface area contributed by atoms with E-state index in [9.17, 15) is 14.4 Å². The topological polar surface area (TPSA) is 80.2 Å². The van der Waals surface area contributed by atoms with Gasteiger partial charge in [-0.15, -0.1) is 0 Å². The molecule has 0 aliphatic carbocycles. The van der Waals surface area contributed by atoms with Crippen molar-refractivity contribution in [1.82, 2.24) is 15.2 Å². The molecule has 2 aromatic carbocycles. The van der Waals surface area contributed by atoms with E-state index in [1.807, 2.05) is 49.4 Å². The Balaban J connectivity index is 1.87. The molecule has 160 valence electrons. The van der Waals surface area contributed by atoms with Crippen LogP contribution in [0.15, 0.2) is 71.8 Å². The third-order valence-corrected chi connectivity index (χ3v) is 5.27. The third kappa shape index (κ3) is 5.61. The summed E-state index contributed by atoms with van der Waals surface area (Å²) in [4.78, 5) is 38.0. The molecule has 0 saturated carbocycles. The second-order valence-electron chi connectivity index (χ2n) is 7.21. The largest absolute Gasteiger partial charge is 0.355 e. The van der Waals surface area contributed by atoms with E-state index >= 15 is 0 Å². The van der Waals surface area contributed by atoms with Crippen LogP contribution in [0.2, 0.25) is 5.02 Å². The van der Waals surface area contributed by atoms with Gasteiger partial charge < -0.3 is 15.2 Å². The molecule has 0 aliphatic heterocycles. The van der Waals surface area contributed by atoms with Gasteiger partial charge >= 0.3 is 0 Å². The third-order valence-electron chi connectivity index (χ3n) is 5.01. The fourth-order valence-corrected chi connectivity index (χ4v) is 3.36. The zero-order valence-corrected chi connectivity index (χ0v) is 18.1. The SMILES string of the molecule is CNC(=O)c1cn(CCc2ccccc2)cc(C(=O)N[C@@H](C)c2ccc(Cl)cc2)c1=O. The molecule has 0 radical (unpaired) electrons. The Bertz CT molecular complexity index is 1130. The summed E-state index contributed by atoms with van der Waals surface area (Å²) in [6, 6.07) is 16.6. The van der Waals surface area contributed by atoms with E-state index in [0.29, 0.717) is 18.0 Å². The number of pyridine rings is 1. The summed E-state index contributed by atoms with van der Waals surface area (Å²) in [5.74, 6) is -1.06. The van der Waals surface area contributed by atoms with Crippen LogP contribution in [-0.2, 0) is 13.0 Å². The van der Waals surface area contributed by atoms with E-state index in [4.69, 9.17) is 11.6 Å². The van der Waals surface area contributed by atoms with Crippen molar-refractivity contribution in [2.75, 3.05) is 7.05 Å². The Hall–Kier alpha value is -3.38. The smallest absolute Gasteiger partial charge is 0.257 e. The van der Waals surface area contributed by atoms with Crippen LogP contribution in [0, 0.1) is 0 Å². The van der Waals surface area contributed by atoms with Crippen LogP contribution in [0.3, 0.4) is 0 Å². The number of nitrogens with one attached hydrogen (secondary N) is 2. The number of aromatic nitrogens is 1. The van der Waals surface area contributed by atoms with Crippen molar-refractivity contribution >= 4 is 23.4 Å². The van der Waals surface area contributed by atoms with Gasteiger partial charge in [-0.2, -0.15) is 0 Å². The highest BCUT2D eigenvalue weighted by molar-refractivity contribution is 6.30. The molecule has 3 rings (SSSR count). The molecule has 0 unspecified atom stereocenters. The van der Waals surface area contributed by atoms with Gasteiger partial charge in [-0.3, -0.25) is 14.4 Å². The van der Waals surface area contributed by atoms with E-state index in [0.717, 1.165) is 11.1 Å². The number of halogens is 1. The Labute approximate surface area is 185 Å². The highest BCUT2D eigenvalue weighted by Gasteiger charge is 2.20. The van der Waals surface area contributed by atoms with Gasteiger partial charge in [0.2, 0.25) is 5.43 Å². The van der Waals surface area contributed by atoms with Gasteiger partial charge in [0.05, 0.1) is 6.04 Å². The maximum atomic E-state index is 12.9. The Morgan fingerprint density at radius 2 is 1.58 bits per heavy atom. The minimum atomic E-state index is -0.601. The van der Waals surface area contributed by atoms with Crippen LogP contribution in [0.5, 0.6) is 0 Å². The molecule has 0 bridgehead atoms. The minimum Gasteiger partial charge on any atom is -0.355 e. The lowest BCUT2D eigenvalue weighted by atomic mass is 10.1. The highest BCUT2D eigenvalue weighted by Crippen LogP contribution is 2.16. The number of rotatable bonds is 7. The molecule has 2 amide bonds. The number of amides is 2.